The Bertz CT molecular complexity index is 738. The highest BCUT2D eigenvalue weighted by Gasteiger charge is 2.14. The zero-order valence-corrected chi connectivity index (χ0v) is 12.4. The number of ether oxygens (including phenoxy) is 1. The van der Waals surface area contributed by atoms with Gasteiger partial charge in [0.15, 0.2) is 11.5 Å². The Labute approximate surface area is 131 Å². The van der Waals surface area contributed by atoms with Gasteiger partial charge < -0.3 is 4.74 Å². The van der Waals surface area contributed by atoms with Crippen molar-refractivity contribution in [3.63, 3.8) is 0 Å². The van der Waals surface area contributed by atoms with E-state index in [-0.39, 0.29) is 17.2 Å². The summed E-state index contributed by atoms with van der Waals surface area (Å²) in [5, 5.41) is 11.5. The standard InChI is InChI=1S/C16H12ClNO4/c1-22-16-9-3-11(10-14(16)18(20)21)2-8-15(19)12-4-6-13(17)7-5-12/h2-10H,1H3/b8-2+. The molecule has 0 aliphatic heterocycles. The first-order valence-corrected chi connectivity index (χ1v) is 6.69. The van der Waals surface area contributed by atoms with Crippen molar-refractivity contribution in [1.82, 2.24) is 0 Å². The van der Waals surface area contributed by atoms with Gasteiger partial charge in [-0.05, 0) is 42.0 Å². The van der Waals surface area contributed by atoms with Crippen molar-refractivity contribution in [3.05, 3.63) is 74.8 Å². The molecule has 0 atom stereocenters. The number of allylic oxidation sites excluding steroid dienone is 1. The van der Waals surface area contributed by atoms with Gasteiger partial charge in [-0.3, -0.25) is 14.9 Å². The Hall–Kier alpha value is -2.66. The average Bonchev–Trinajstić information content (AvgIpc) is 2.53. The lowest BCUT2D eigenvalue weighted by Crippen LogP contribution is -1.95. The molecular formula is C16H12ClNO4. The highest BCUT2D eigenvalue weighted by Crippen LogP contribution is 2.28. The van der Waals surface area contributed by atoms with Crippen molar-refractivity contribution >= 4 is 29.1 Å². The van der Waals surface area contributed by atoms with E-state index in [9.17, 15) is 14.9 Å². The number of ketones is 1. The molecule has 2 aromatic rings. The first-order chi connectivity index (χ1) is 10.5. The minimum atomic E-state index is -0.531. The fourth-order valence-corrected chi connectivity index (χ4v) is 1.96. The first-order valence-electron chi connectivity index (χ1n) is 6.31. The summed E-state index contributed by atoms with van der Waals surface area (Å²) in [5.74, 6) is -0.0404. The number of carbonyl (C=O) groups excluding carboxylic acids is 1. The Kier molecular flexibility index (Phi) is 4.91. The molecule has 0 fully saturated rings. The van der Waals surface area contributed by atoms with Gasteiger partial charge in [-0.1, -0.05) is 23.7 Å². The van der Waals surface area contributed by atoms with Crippen molar-refractivity contribution in [2.75, 3.05) is 7.11 Å². The van der Waals surface area contributed by atoms with E-state index in [1.165, 1.54) is 31.4 Å². The van der Waals surface area contributed by atoms with E-state index in [0.717, 1.165) is 0 Å². The van der Waals surface area contributed by atoms with Crippen LogP contribution in [-0.2, 0) is 0 Å². The summed E-state index contributed by atoms with van der Waals surface area (Å²) in [4.78, 5) is 22.4. The lowest BCUT2D eigenvalue weighted by atomic mass is 10.1. The predicted molar refractivity (Wildman–Crippen MR) is 84.5 cm³/mol. The van der Waals surface area contributed by atoms with Crippen LogP contribution in [0.1, 0.15) is 15.9 Å². The smallest absolute Gasteiger partial charge is 0.311 e. The molecule has 0 saturated carbocycles. The molecule has 0 amide bonds. The van der Waals surface area contributed by atoms with Crippen LogP contribution in [0, 0.1) is 10.1 Å². The van der Waals surface area contributed by atoms with Crippen molar-refractivity contribution in [2.24, 2.45) is 0 Å². The van der Waals surface area contributed by atoms with Crippen LogP contribution in [0.4, 0.5) is 5.69 Å². The van der Waals surface area contributed by atoms with E-state index in [0.29, 0.717) is 16.1 Å². The number of halogens is 1. The van der Waals surface area contributed by atoms with Gasteiger partial charge in [0.1, 0.15) is 0 Å². The van der Waals surface area contributed by atoms with Crippen LogP contribution in [0.15, 0.2) is 48.5 Å². The Morgan fingerprint density at radius 2 is 1.91 bits per heavy atom. The third-order valence-corrected chi connectivity index (χ3v) is 3.21. The molecule has 2 rings (SSSR count). The van der Waals surface area contributed by atoms with Gasteiger partial charge in [-0.15, -0.1) is 0 Å². The van der Waals surface area contributed by atoms with Gasteiger partial charge in [-0.2, -0.15) is 0 Å². The maximum absolute atomic E-state index is 12.0. The molecule has 0 aromatic heterocycles. The second-order valence-corrected chi connectivity index (χ2v) is 4.83. The van der Waals surface area contributed by atoms with E-state index in [4.69, 9.17) is 16.3 Å². The highest BCUT2D eigenvalue weighted by atomic mass is 35.5. The molecule has 0 N–H and O–H groups in total. The van der Waals surface area contributed by atoms with Crippen LogP contribution in [0.25, 0.3) is 6.08 Å². The van der Waals surface area contributed by atoms with E-state index in [2.05, 4.69) is 0 Å². The van der Waals surface area contributed by atoms with Crippen molar-refractivity contribution < 1.29 is 14.5 Å². The number of carbonyl (C=O) groups is 1. The Morgan fingerprint density at radius 3 is 2.50 bits per heavy atom. The monoisotopic (exact) mass is 317 g/mol. The summed E-state index contributed by atoms with van der Waals surface area (Å²) in [6, 6.07) is 11.0. The van der Waals surface area contributed by atoms with Crippen LogP contribution < -0.4 is 4.74 Å². The van der Waals surface area contributed by atoms with Gasteiger partial charge in [0, 0.05) is 16.7 Å². The van der Waals surface area contributed by atoms with Crippen LogP contribution in [0.3, 0.4) is 0 Å². The Morgan fingerprint density at radius 1 is 1.23 bits per heavy atom. The highest BCUT2D eigenvalue weighted by molar-refractivity contribution is 6.30. The second-order valence-electron chi connectivity index (χ2n) is 4.39. The van der Waals surface area contributed by atoms with Gasteiger partial charge in [-0.25, -0.2) is 0 Å². The van der Waals surface area contributed by atoms with E-state index in [1.54, 1.807) is 30.3 Å². The molecule has 0 bridgehead atoms. The SMILES string of the molecule is COc1ccc(/C=C/C(=O)c2ccc(Cl)cc2)cc1[N+](=O)[O-]. The normalized spacial score (nSPS) is 10.6. The van der Waals surface area contributed by atoms with Crippen molar-refractivity contribution in [1.29, 1.82) is 0 Å². The van der Waals surface area contributed by atoms with Gasteiger partial charge in [0.05, 0.1) is 12.0 Å². The summed E-state index contributed by atoms with van der Waals surface area (Å²) in [6.07, 6.45) is 2.87. The number of nitro groups is 1. The summed E-state index contributed by atoms with van der Waals surface area (Å²) < 4.78 is 4.92. The van der Waals surface area contributed by atoms with Crippen LogP contribution >= 0.6 is 11.6 Å². The van der Waals surface area contributed by atoms with Gasteiger partial charge in [0.25, 0.3) is 0 Å². The number of methoxy groups -OCH3 is 1. The molecule has 6 heteroatoms. The molecule has 5 nitrogen and oxygen atoms in total. The predicted octanol–water partition coefficient (Wildman–Crippen LogP) is 4.15. The third-order valence-electron chi connectivity index (χ3n) is 2.96. The number of nitrogens with zero attached hydrogens (tertiary/aromatic N) is 1. The average molecular weight is 318 g/mol. The minimum Gasteiger partial charge on any atom is -0.490 e. The lowest BCUT2D eigenvalue weighted by molar-refractivity contribution is -0.385. The van der Waals surface area contributed by atoms with Crippen LogP contribution in [0.5, 0.6) is 5.75 Å². The molecule has 0 radical (unpaired) electrons. The zero-order chi connectivity index (χ0) is 16.1. The maximum Gasteiger partial charge on any atom is 0.311 e. The number of hydrogen-bond donors (Lipinski definition) is 0. The van der Waals surface area contributed by atoms with Crippen LogP contribution in [0.2, 0.25) is 5.02 Å². The third kappa shape index (κ3) is 3.71. The van der Waals surface area contributed by atoms with Crippen molar-refractivity contribution in [3.8, 4) is 5.75 Å². The van der Waals surface area contributed by atoms with E-state index in [1.807, 2.05) is 0 Å². The fraction of sp³-hybridized carbons (Fsp3) is 0.0625. The minimum absolute atomic E-state index is 0.149. The molecule has 0 spiro atoms. The maximum atomic E-state index is 12.0. The number of rotatable bonds is 5. The number of benzene rings is 2. The lowest BCUT2D eigenvalue weighted by Gasteiger charge is -2.02. The molecule has 0 heterocycles. The molecule has 0 unspecified atom stereocenters. The van der Waals surface area contributed by atoms with Gasteiger partial charge in [0.2, 0.25) is 0 Å². The number of nitro benzene ring substituents is 1. The largest absolute Gasteiger partial charge is 0.490 e. The summed E-state index contributed by atoms with van der Waals surface area (Å²) in [5.41, 5.74) is 0.877. The molecule has 0 aliphatic rings. The molecule has 0 saturated heterocycles. The molecule has 112 valence electrons. The first kappa shape index (κ1) is 15.7. The van der Waals surface area contributed by atoms with Crippen molar-refractivity contribution in [2.45, 2.75) is 0 Å². The van der Waals surface area contributed by atoms with Gasteiger partial charge >= 0.3 is 5.69 Å². The molecule has 22 heavy (non-hydrogen) atoms. The zero-order valence-electron chi connectivity index (χ0n) is 11.7. The van der Waals surface area contributed by atoms with E-state index >= 15 is 0 Å². The summed E-state index contributed by atoms with van der Waals surface area (Å²) in [6.45, 7) is 0. The quantitative estimate of drug-likeness (QED) is 0.359. The van der Waals surface area contributed by atoms with E-state index < -0.39 is 4.92 Å². The summed E-state index contributed by atoms with van der Waals surface area (Å²) >= 11 is 5.76. The molecule has 2 aromatic carbocycles. The topological polar surface area (TPSA) is 69.4 Å². The molecule has 0 aliphatic carbocycles. The van der Waals surface area contributed by atoms with Crippen LogP contribution in [-0.4, -0.2) is 17.8 Å². The number of hydrogen-bond acceptors (Lipinski definition) is 4. The summed E-state index contributed by atoms with van der Waals surface area (Å²) in [7, 11) is 1.36. The molecular weight excluding hydrogens is 306 g/mol. The second kappa shape index (κ2) is 6.87. The fourth-order valence-electron chi connectivity index (χ4n) is 1.84. The Balaban J connectivity index is 2.22.